The van der Waals surface area contributed by atoms with Gasteiger partial charge in [0.15, 0.2) is 11.5 Å². The summed E-state index contributed by atoms with van der Waals surface area (Å²) < 4.78 is 40.0. The minimum atomic E-state index is -4.62. The van der Waals surface area contributed by atoms with Crippen LogP contribution < -0.4 is 11.1 Å². The van der Waals surface area contributed by atoms with Gasteiger partial charge in [-0.3, -0.25) is 19.5 Å². The number of benzene rings is 1. The Labute approximate surface area is 225 Å². The van der Waals surface area contributed by atoms with Crippen molar-refractivity contribution in [2.24, 2.45) is 5.73 Å². The lowest BCUT2D eigenvalue weighted by molar-refractivity contribution is -0.141. The van der Waals surface area contributed by atoms with E-state index in [0.29, 0.717) is 49.7 Å². The SMILES string of the molecule is CCc1[nH]nc(C(F)(F)F)c1Cc1cnc(C(=O)Nc2ccc(C(=O)N3CCN(C(=O)CN)CC3)c(Cl)c2)[nH]1. The Morgan fingerprint density at radius 3 is 2.46 bits per heavy atom. The number of nitrogens with two attached hydrogens (primary N) is 1. The number of carbonyl (C=O) groups is 3. The van der Waals surface area contributed by atoms with Gasteiger partial charge in [-0.05, 0) is 24.6 Å². The third-order valence-electron chi connectivity index (χ3n) is 6.34. The third kappa shape index (κ3) is 6.23. The molecule has 0 radical (unpaired) electrons. The highest BCUT2D eigenvalue weighted by Gasteiger charge is 2.37. The van der Waals surface area contributed by atoms with Crippen LogP contribution in [0.3, 0.4) is 0 Å². The second kappa shape index (κ2) is 11.5. The first-order chi connectivity index (χ1) is 18.5. The minimum Gasteiger partial charge on any atom is -0.338 e. The fourth-order valence-corrected chi connectivity index (χ4v) is 4.55. The number of hydrogen-bond donors (Lipinski definition) is 4. The lowest BCUT2D eigenvalue weighted by atomic mass is 10.1. The quantitative estimate of drug-likeness (QED) is 0.345. The average molecular weight is 567 g/mol. The Morgan fingerprint density at radius 2 is 1.85 bits per heavy atom. The highest BCUT2D eigenvalue weighted by molar-refractivity contribution is 6.34. The Kier molecular flexibility index (Phi) is 8.25. The number of amides is 3. The van der Waals surface area contributed by atoms with E-state index in [-0.39, 0.29) is 46.8 Å². The van der Waals surface area contributed by atoms with Gasteiger partial charge in [-0.15, -0.1) is 0 Å². The molecule has 5 N–H and O–H groups in total. The van der Waals surface area contributed by atoms with E-state index in [9.17, 15) is 27.6 Å². The predicted octanol–water partition coefficient (Wildman–Crippen LogP) is 2.45. The summed E-state index contributed by atoms with van der Waals surface area (Å²) in [5.74, 6) is -1.24. The van der Waals surface area contributed by atoms with Crippen LogP contribution >= 0.6 is 11.6 Å². The average Bonchev–Trinajstić information content (AvgIpc) is 3.55. The number of aryl methyl sites for hydroxylation is 1. The van der Waals surface area contributed by atoms with Gasteiger partial charge in [0, 0.05) is 61.4 Å². The fraction of sp³-hybridized carbons (Fsp3) is 0.375. The second-order valence-electron chi connectivity index (χ2n) is 8.84. The monoisotopic (exact) mass is 566 g/mol. The van der Waals surface area contributed by atoms with Gasteiger partial charge in [0.2, 0.25) is 5.91 Å². The number of piperazine rings is 1. The molecule has 3 amide bonds. The summed E-state index contributed by atoms with van der Waals surface area (Å²) in [6.07, 6.45) is -3.16. The molecule has 3 aromatic rings. The van der Waals surface area contributed by atoms with Crippen molar-refractivity contribution in [3.05, 3.63) is 63.5 Å². The number of nitrogens with one attached hydrogen (secondary N) is 3. The van der Waals surface area contributed by atoms with E-state index >= 15 is 0 Å². The maximum Gasteiger partial charge on any atom is 0.435 e. The van der Waals surface area contributed by atoms with Gasteiger partial charge in [-0.2, -0.15) is 18.3 Å². The van der Waals surface area contributed by atoms with E-state index in [4.69, 9.17) is 17.3 Å². The molecular formula is C24H26ClF3N8O3. The van der Waals surface area contributed by atoms with Crippen LogP contribution in [0.5, 0.6) is 0 Å². The van der Waals surface area contributed by atoms with Crippen molar-refractivity contribution < 1.29 is 27.6 Å². The zero-order valence-electron chi connectivity index (χ0n) is 20.9. The summed E-state index contributed by atoms with van der Waals surface area (Å²) >= 11 is 6.33. The number of hydrogen-bond acceptors (Lipinski definition) is 6. The van der Waals surface area contributed by atoms with Crippen LogP contribution in [-0.4, -0.2) is 80.4 Å². The lowest BCUT2D eigenvalue weighted by Gasteiger charge is -2.34. The van der Waals surface area contributed by atoms with E-state index < -0.39 is 17.8 Å². The maximum absolute atomic E-state index is 13.3. The molecule has 0 unspecified atom stereocenters. The van der Waals surface area contributed by atoms with Crippen molar-refractivity contribution in [2.45, 2.75) is 25.9 Å². The fourth-order valence-electron chi connectivity index (χ4n) is 4.29. The molecule has 0 aliphatic carbocycles. The van der Waals surface area contributed by atoms with E-state index in [0.717, 1.165) is 0 Å². The Morgan fingerprint density at radius 1 is 1.15 bits per heavy atom. The zero-order valence-corrected chi connectivity index (χ0v) is 21.6. The topological polar surface area (TPSA) is 153 Å². The number of alkyl halides is 3. The third-order valence-corrected chi connectivity index (χ3v) is 6.65. The van der Waals surface area contributed by atoms with Gasteiger partial charge >= 0.3 is 6.18 Å². The van der Waals surface area contributed by atoms with Gasteiger partial charge in [-0.1, -0.05) is 18.5 Å². The molecule has 0 atom stereocenters. The number of nitrogens with zero attached hydrogens (tertiary/aromatic N) is 4. The van der Waals surface area contributed by atoms with Crippen LogP contribution in [0.15, 0.2) is 24.4 Å². The van der Waals surface area contributed by atoms with Gasteiger partial charge < -0.3 is 25.8 Å². The molecule has 1 saturated heterocycles. The molecule has 4 rings (SSSR count). The molecule has 208 valence electrons. The summed E-state index contributed by atoms with van der Waals surface area (Å²) in [4.78, 5) is 47.3. The molecule has 0 saturated carbocycles. The second-order valence-corrected chi connectivity index (χ2v) is 9.25. The van der Waals surface area contributed by atoms with Crippen molar-refractivity contribution in [3.8, 4) is 0 Å². The summed E-state index contributed by atoms with van der Waals surface area (Å²) in [6, 6.07) is 4.40. The molecule has 0 bridgehead atoms. The van der Waals surface area contributed by atoms with Crippen LogP contribution in [0.4, 0.5) is 18.9 Å². The number of carbonyl (C=O) groups excluding carboxylic acids is 3. The molecule has 11 nitrogen and oxygen atoms in total. The van der Waals surface area contributed by atoms with Crippen molar-refractivity contribution >= 4 is 35.0 Å². The van der Waals surface area contributed by atoms with Crippen LogP contribution in [0, 0.1) is 0 Å². The summed E-state index contributed by atoms with van der Waals surface area (Å²) in [5.41, 5.74) is 5.54. The van der Waals surface area contributed by atoms with Gasteiger partial charge in [0.1, 0.15) is 0 Å². The molecule has 1 aliphatic heterocycles. The molecule has 3 heterocycles. The van der Waals surface area contributed by atoms with Crippen molar-refractivity contribution in [1.29, 1.82) is 0 Å². The predicted molar refractivity (Wildman–Crippen MR) is 135 cm³/mol. The van der Waals surface area contributed by atoms with E-state index in [1.165, 1.54) is 24.4 Å². The lowest BCUT2D eigenvalue weighted by Crippen LogP contribution is -2.51. The summed E-state index contributed by atoms with van der Waals surface area (Å²) in [6.45, 7) is 3.04. The normalized spacial score (nSPS) is 14.0. The maximum atomic E-state index is 13.3. The van der Waals surface area contributed by atoms with Crippen LogP contribution in [0.25, 0.3) is 0 Å². The molecule has 0 spiro atoms. The zero-order chi connectivity index (χ0) is 28.3. The number of imidazole rings is 1. The standard InChI is InChI=1S/C24H26ClF3N8O3/c1-2-18-16(20(34-33-18)24(26,27)28)9-14-12-30-21(31-14)22(38)32-13-3-4-15(17(25)10-13)23(39)36-7-5-35(6-8-36)19(37)11-29/h3-4,10,12H,2,5-9,11,29H2,1H3,(H,30,31)(H,32,38)(H,33,34). The first-order valence-electron chi connectivity index (χ1n) is 12.1. The number of halogens is 4. The first-order valence-corrected chi connectivity index (χ1v) is 12.4. The first kappa shape index (κ1) is 28.1. The molecule has 2 aromatic heterocycles. The number of rotatable bonds is 7. The Bertz CT molecular complexity index is 1380. The van der Waals surface area contributed by atoms with Crippen molar-refractivity contribution in [3.63, 3.8) is 0 Å². The van der Waals surface area contributed by atoms with Crippen LogP contribution in [0.2, 0.25) is 5.02 Å². The van der Waals surface area contributed by atoms with Crippen LogP contribution in [0.1, 0.15) is 50.5 Å². The molecule has 15 heteroatoms. The highest BCUT2D eigenvalue weighted by atomic mass is 35.5. The number of aromatic nitrogens is 4. The Hall–Kier alpha value is -3.91. The largest absolute Gasteiger partial charge is 0.435 e. The van der Waals surface area contributed by atoms with Gasteiger partial charge in [-0.25, -0.2) is 4.98 Å². The number of anilines is 1. The molecule has 1 aliphatic rings. The smallest absolute Gasteiger partial charge is 0.338 e. The van der Waals surface area contributed by atoms with E-state index in [1.54, 1.807) is 16.7 Å². The summed E-state index contributed by atoms with van der Waals surface area (Å²) in [5, 5.41) is 8.54. The van der Waals surface area contributed by atoms with Crippen LogP contribution in [-0.2, 0) is 23.8 Å². The molecular weight excluding hydrogens is 541 g/mol. The molecule has 1 fully saturated rings. The summed E-state index contributed by atoms with van der Waals surface area (Å²) in [7, 11) is 0. The molecule has 39 heavy (non-hydrogen) atoms. The van der Waals surface area contributed by atoms with Gasteiger partial charge in [0.05, 0.1) is 17.1 Å². The van der Waals surface area contributed by atoms with Gasteiger partial charge in [0.25, 0.3) is 11.8 Å². The Balaban J connectivity index is 1.40. The van der Waals surface area contributed by atoms with E-state index in [1.807, 2.05) is 0 Å². The van der Waals surface area contributed by atoms with Crippen molar-refractivity contribution in [1.82, 2.24) is 30.0 Å². The highest BCUT2D eigenvalue weighted by Crippen LogP contribution is 2.33. The number of aromatic amines is 2. The molecule has 1 aromatic carbocycles. The van der Waals surface area contributed by atoms with Crippen molar-refractivity contribution in [2.75, 3.05) is 38.0 Å². The minimum absolute atomic E-state index is 0.0139. The van der Waals surface area contributed by atoms with E-state index in [2.05, 4.69) is 25.5 Å². The number of H-pyrrole nitrogens is 2.